The van der Waals surface area contributed by atoms with Crippen molar-refractivity contribution in [2.75, 3.05) is 0 Å². The molecule has 0 aromatic heterocycles. The molecule has 0 saturated carbocycles. The van der Waals surface area contributed by atoms with E-state index in [1.165, 1.54) is 17.5 Å². The van der Waals surface area contributed by atoms with Crippen LogP contribution in [0.3, 0.4) is 0 Å². The van der Waals surface area contributed by atoms with Gasteiger partial charge in [0.25, 0.3) is 0 Å². The predicted octanol–water partition coefficient (Wildman–Crippen LogP) is 4.23. The number of aliphatic hydroxyl groups is 1. The highest BCUT2D eigenvalue weighted by Crippen LogP contribution is 2.37. The molecular formula is C19H22O. The van der Waals surface area contributed by atoms with Crippen LogP contribution in [0.1, 0.15) is 42.4 Å². The second-order valence-electron chi connectivity index (χ2n) is 5.88. The van der Waals surface area contributed by atoms with Gasteiger partial charge in [-0.3, -0.25) is 0 Å². The second kappa shape index (κ2) is 5.80. The molecule has 2 aromatic carbocycles. The molecule has 1 atom stereocenters. The van der Waals surface area contributed by atoms with E-state index >= 15 is 0 Å². The molecule has 1 aliphatic carbocycles. The Balaban J connectivity index is 1.83. The fraction of sp³-hybridized carbons (Fsp3) is 0.368. The normalized spacial score (nSPS) is 22.1. The van der Waals surface area contributed by atoms with Crippen molar-refractivity contribution in [2.45, 2.75) is 44.1 Å². The van der Waals surface area contributed by atoms with Crippen LogP contribution in [-0.4, -0.2) is 5.11 Å². The fourth-order valence-electron chi connectivity index (χ4n) is 3.32. The zero-order chi connectivity index (χ0) is 13.8. The summed E-state index contributed by atoms with van der Waals surface area (Å²) in [5, 5.41) is 11.2. The molecule has 104 valence electrons. The summed E-state index contributed by atoms with van der Waals surface area (Å²) in [6, 6.07) is 18.9. The van der Waals surface area contributed by atoms with Gasteiger partial charge >= 0.3 is 0 Å². The maximum atomic E-state index is 11.2. The van der Waals surface area contributed by atoms with Crippen molar-refractivity contribution in [3.8, 4) is 0 Å². The van der Waals surface area contributed by atoms with Crippen molar-refractivity contribution in [3.63, 3.8) is 0 Å². The van der Waals surface area contributed by atoms with Gasteiger partial charge in [0.15, 0.2) is 0 Å². The van der Waals surface area contributed by atoms with Crippen LogP contribution in [0.4, 0.5) is 0 Å². The third-order valence-electron chi connectivity index (χ3n) is 4.48. The van der Waals surface area contributed by atoms with Gasteiger partial charge in [-0.1, -0.05) is 54.6 Å². The topological polar surface area (TPSA) is 20.2 Å². The number of rotatable bonds is 3. The first-order valence-corrected chi connectivity index (χ1v) is 7.63. The van der Waals surface area contributed by atoms with Crippen molar-refractivity contribution in [1.29, 1.82) is 0 Å². The van der Waals surface area contributed by atoms with Crippen molar-refractivity contribution in [1.82, 2.24) is 0 Å². The molecule has 0 spiro atoms. The lowest BCUT2D eigenvalue weighted by Gasteiger charge is -2.29. The van der Waals surface area contributed by atoms with Gasteiger partial charge in [-0.25, -0.2) is 0 Å². The minimum absolute atomic E-state index is 0.650. The molecule has 1 N–H and O–H groups in total. The number of hydrogen-bond acceptors (Lipinski definition) is 1. The minimum Gasteiger partial charge on any atom is -0.385 e. The Kier molecular flexibility index (Phi) is 3.88. The molecule has 1 heteroatoms. The number of fused-ring (bicyclic) bond motifs is 1. The molecule has 20 heavy (non-hydrogen) atoms. The molecule has 0 amide bonds. The van der Waals surface area contributed by atoms with Gasteiger partial charge in [-0.05, 0) is 55.2 Å². The second-order valence-corrected chi connectivity index (χ2v) is 5.88. The van der Waals surface area contributed by atoms with Crippen LogP contribution in [0.15, 0.2) is 54.6 Å². The monoisotopic (exact) mass is 266 g/mol. The van der Waals surface area contributed by atoms with Gasteiger partial charge in [0.1, 0.15) is 0 Å². The maximum absolute atomic E-state index is 11.2. The zero-order valence-corrected chi connectivity index (χ0v) is 11.9. The SMILES string of the molecule is OC1(CCc2ccccc2)CCCCc2ccccc21. The third kappa shape index (κ3) is 2.78. The molecule has 0 bridgehead atoms. The minimum atomic E-state index is -0.650. The standard InChI is InChI=1S/C19H22O/c20-19(15-13-16-8-2-1-3-9-16)14-7-6-11-17-10-4-5-12-18(17)19/h1-5,8-10,12,20H,6-7,11,13-15H2. The molecule has 0 heterocycles. The highest BCUT2D eigenvalue weighted by Gasteiger charge is 2.32. The van der Waals surface area contributed by atoms with Gasteiger partial charge in [0.2, 0.25) is 0 Å². The summed E-state index contributed by atoms with van der Waals surface area (Å²) in [6.07, 6.45) is 6.03. The Hall–Kier alpha value is -1.60. The lowest BCUT2D eigenvalue weighted by molar-refractivity contribution is 0.0182. The lowest BCUT2D eigenvalue weighted by atomic mass is 9.83. The zero-order valence-electron chi connectivity index (χ0n) is 11.9. The van der Waals surface area contributed by atoms with E-state index in [1.54, 1.807) is 0 Å². The highest BCUT2D eigenvalue weighted by atomic mass is 16.3. The van der Waals surface area contributed by atoms with Crippen molar-refractivity contribution < 1.29 is 5.11 Å². The molecule has 0 radical (unpaired) electrons. The van der Waals surface area contributed by atoms with Gasteiger partial charge in [-0.2, -0.15) is 0 Å². The van der Waals surface area contributed by atoms with Crippen LogP contribution in [-0.2, 0) is 18.4 Å². The van der Waals surface area contributed by atoms with Gasteiger partial charge in [0, 0.05) is 0 Å². The van der Waals surface area contributed by atoms with Gasteiger partial charge in [0.05, 0.1) is 5.60 Å². The molecule has 0 aliphatic heterocycles. The molecule has 2 aromatic rings. The van der Waals surface area contributed by atoms with E-state index in [-0.39, 0.29) is 0 Å². The predicted molar refractivity (Wildman–Crippen MR) is 82.7 cm³/mol. The van der Waals surface area contributed by atoms with Crippen LogP contribution in [0.25, 0.3) is 0 Å². The summed E-state index contributed by atoms with van der Waals surface area (Å²) >= 11 is 0. The van der Waals surface area contributed by atoms with Crippen LogP contribution in [0.5, 0.6) is 0 Å². The molecule has 3 rings (SSSR count). The Morgan fingerprint density at radius 2 is 1.65 bits per heavy atom. The first kappa shape index (κ1) is 13.4. The van der Waals surface area contributed by atoms with Crippen molar-refractivity contribution in [3.05, 3.63) is 71.3 Å². The number of aryl methyl sites for hydroxylation is 2. The highest BCUT2D eigenvalue weighted by molar-refractivity contribution is 5.34. The molecule has 1 nitrogen and oxygen atoms in total. The summed E-state index contributed by atoms with van der Waals surface area (Å²) in [6.45, 7) is 0. The largest absolute Gasteiger partial charge is 0.385 e. The molecule has 1 aliphatic rings. The van der Waals surface area contributed by atoms with Gasteiger partial charge < -0.3 is 5.11 Å². The smallest absolute Gasteiger partial charge is 0.0902 e. The van der Waals surface area contributed by atoms with E-state index in [9.17, 15) is 5.11 Å². The Morgan fingerprint density at radius 3 is 2.50 bits per heavy atom. The Bertz CT molecular complexity index is 561. The van der Waals surface area contributed by atoms with Crippen molar-refractivity contribution in [2.24, 2.45) is 0 Å². The quantitative estimate of drug-likeness (QED) is 0.824. The molecular weight excluding hydrogens is 244 g/mol. The van der Waals surface area contributed by atoms with E-state index < -0.39 is 5.60 Å². The van der Waals surface area contributed by atoms with E-state index in [2.05, 4.69) is 48.5 Å². The average Bonchev–Trinajstić information content (AvgIpc) is 2.67. The first-order valence-electron chi connectivity index (χ1n) is 7.63. The summed E-state index contributed by atoms with van der Waals surface area (Å²) in [7, 11) is 0. The summed E-state index contributed by atoms with van der Waals surface area (Å²) in [4.78, 5) is 0. The molecule has 1 unspecified atom stereocenters. The van der Waals surface area contributed by atoms with Crippen LogP contribution >= 0.6 is 0 Å². The summed E-state index contributed by atoms with van der Waals surface area (Å²) in [5.74, 6) is 0. The maximum Gasteiger partial charge on any atom is 0.0902 e. The van der Waals surface area contributed by atoms with Crippen LogP contribution < -0.4 is 0 Å². The third-order valence-corrected chi connectivity index (χ3v) is 4.48. The van der Waals surface area contributed by atoms with Crippen molar-refractivity contribution >= 4 is 0 Å². The number of benzene rings is 2. The van der Waals surface area contributed by atoms with E-state index in [4.69, 9.17) is 0 Å². The van der Waals surface area contributed by atoms with Gasteiger partial charge in [-0.15, -0.1) is 0 Å². The molecule has 0 fully saturated rings. The summed E-state index contributed by atoms with van der Waals surface area (Å²) < 4.78 is 0. The first-order chi connectivity index (χ1) is 9.78. The number of hydrogen-bond donors (Lipinski definition) is 1. The summed E-state index contributed by atoms with van der Waals surface area (Å²) in [5.41, 5.74) is 3.15. The van der Waals surface area contributed by atoms with E-state index in [0.29, 0.717) is 0 Å². The fourth-order valence-corrected chi connectivity index (χ4v) is 3.32. The average molecular weight is 266 g/mol. The lowest BCUT2D eigenvalue weighted by Crippen LogP contribution is -2.26. The van der Waals surface area contributed by atoms with E-state index in [0.717, 1.165) is 37.7 Å². The van der Waals surface area contributed by atoms with Crippen LogP contribution in [0.2, 0.25) is 0 Å². The van der Waals surface area contributed by atoms with Crippen LogP contribution in [0, 0.1) is 0 Å². The van der Waals surface area contributed by atoms with E-state index in [1.807, 2.05) is 6.07 Å². The Morgan fingerprint density at radius 1 is 0.900 bits per heavy atom. The Labute approximate surface area is 121 Å². The molecule has 0 saturated heterocycles.